The Kier molecular flexibility index (Phi) is 6.44. The number of nitrogens with one attached hydrogen (secondary N) is 1. The van der Waals surface area contributed by atoms with Crippen LogP contribution in [0, 0.1) is 19.8 Å². The zero-order valence-electron chi connectivity index (χ0n) is 18.5. The molecule has 1 aliphatic carbocycles. The van der Waals surface area contributed by atoms with Gasteiger partial charge in [0.05, 0.1) is 22.9 Å². The van der Waals surface area contributed by atoms with E-state index in [0.717, 1.165) is 66.3 Å². The molecule has 0 spiro atoms. The molecule has 1 aliphatic rings. The Morgan fingerprint density at radius 2 is 1.90 bits per heavy atom. The van der Waals surface area contributed by atoms with E-state index in [1.807, 2.05) is 63.4 Å². The second-order valence-electron chi connectivity index (χ2n) is 8.64. The van der Waals surface area contributed by atoms with Crippen molar-refractivity contribution in [3.63, 3.8) is 0 Å². The molecule has 4 rings (SSSR count). The molecule has 1 N–H and O–H groups in total. The molecule has 1 aromatic carbocycles. The van der Waals surface area contributed by atoms with Crippen molar-refractivity contribution in [1.82, 2.24) is 20.4 Å². The average molecular weight is 419 g/mol. The molecule has 1 unspecified atom stereocenters. The SMILES string of the molecule is Cc1cc(-c2cnc(C)nc2C2CCC(CNC(=O)C(C)c3ccccc3)CC2)on1. The van der Waals surface area contributed by atoms with E-state index >= 15 is 0 Å². The van der Waals surface area contributed by atoms with E-state index < -0.39 is 0 Å². The maximum absolute atomic E-state index is 12.6. The van der Waals surface area contributed by atoms with Gasteiger partial charge in [0.25, 0.3) is 0 Å². The first-order valence-electron chi connectivity index (χ1n) is 11.1. The number of benzene rings is 1. The number of carbonyl (C=O) groups excluding carboxylic acids is 1. The van der Waals surface area contributed by atoms with Gasteiger partial charge in [-0.1, -0.05) is 35.5 Å². The van der Waals surface area contributed by atoms with Gasteiger partial charge in [-0.15, -0.1) is 0 Å². The number of aromatic nitrogens is 3. The molecule has 1 atom stereocenters. The summed E-state index contributed by atoms with van der Waals surface area (Å²) in [6.07, 6.45) is 6.09. The quantitative estimate of drug-likeness (QED) is 0.613. The van der Waals surface area contributed by atoms with Gasteiger partial charge >= 0.3 is 0 Å². The molecule has 3 aromatic rings. The van der Waals surface area contributed by atoms with Crippen LogP contribution < -0.4 is 5.32 Å². The molecular weight excluding hydrogens is 388 g/mol. The highest BCUT2D eigenvalue weighted by atomic mass is 16.5. The van der Waals surface area contributed by atoms with Crippen molar-refractivity contribution < 1.29 is 9.32 Å². The van der Waals surface area contributed by atoms with Crippen LogP contribution in [0.15, 0.2) is 47.1 Å². The minimum Gasteiger partial charge on any atom is -0.356 e. The zero-order valence-corrected chi connectivity index (χ0v) is 18.5. The summed E-state index contributed by atoms with van der Waals surface area (Å²) in [5.74, 6) is 2.35. The van der Waals surface area contributed by atoms with E-state index in [-0.39, 0.29) is 11.8 Å². The Morgan fingerprint density at radius 3 is 2.58 bits per heavy atom. The van der Waals surface area contributed by atoms with Crippen LogP contribution in [0.25, 0.3) is 11.3 Å². The third kappa shape index (κ3) is 5.01. The molecule has 162 valence electrons. The van der Waals surface area contributed by atoms with Crippen molar-refractivity contribution in [2.45, 2.75) is 58.3 Å². The van der Waals surface area contributed by atoms with Crippen molar-refractivity contribution >= 4 is 5.91 Å². The Hall–Kier alpha value is -3.02. The maximum Gasteiger partial charge on any atom is 0.227 e. The highest BCUT2D eigenvalue weighted by molar-refractivity contribution is 5.83. The van der Waals surface area contributed by atoms with Crippen molar-refractivity contribution in [2.24, 2.45) is 5.92 Å². The fourth-order valence-electron chi connectivity index (χ4n) is 4.41. The monoisotopic (exact) mass is 418 g/mol. The molecule has 1 saturated carbocycles. The molecule has 2 aromatic heterocycles. The van der Waals surface area contributed by atoms with Gasteiger partial charge in [0.1, 0.15) is 5.82 Å². The molecule has 0 radical (unpaired) electrons. The van der Waals surface area contributed by atoms with E-state index in [2.05, 4.69) is 15.5 Å². The lowest BCUT2D eigenvalue weighted by Gasteiger charge is -2.29. The van der Waals surface area contributed by atoms with Crippen LogP contribution in [-0.2, 0) is 4.79 Å². The van der Waals surface area contributed by atoms with E-state index in [0.29, 0.717) is 11.8 Å². The average Bonchev–Trinajstić information content (AvgIpc) is 3.24. The number of hydrogen-bond acceptors (Lipinski definition) is 5. The molecular formula is C25H30N4O2. The standard InChI is InChI=1S/C25H30N4O2/c1-16-13-23(31-29-16)22-15-26-18(3)28-24(22)21-11-9-19(10-12-21)14-27-25(30)17(2)20-7-5-4-6-8-20/h4-8,13,15,17,19,21H,9-12,14H2,1-3H3,(H,27,30). The van der Waals surface area contributed by atoms with Crippen LogP contribution in [0.1, 0.15) is 67.2 Å². The van der Waals surface area contributed by atoms with Gasteiger partial charge in [0.2, 0.25) is 5.91 Å². The molecule has 6 heteroatoms. The first-order valence-corrected chi connectivity index (χ1v) is 11.1. The van der Waals surface area contributed by atoms with Crippen molar-refractivity contribution in [2.75, 3.05) is 6.54 Å². The largest absolute Gasteiger partial charge is 0.356 e. The Bertz CT molecular complexity index is 1020. The Labute approximate surface area is 183 Å². The molecule has 6 nitrogen and oxygen atoms in total. The first-order chi connectivity index (χ1) is 15.0. The lowest BCUT2D eigenvalue weighted by atomic mass is 9.79. The fourth-order valence-corrected chi connectivity index (χ4v) is 4.41. The van der Waals surface area contributed by atoms with E-state index in [4.69, 9.17) is 9.51 Å². The van der Waals surface area contributed by atoms with Crippen molar-refractivity contribution in [3.8, 4) is 11.3 Å². The second-order valence-corrected chi connectivity index (χ2v) is 8.64. The summed E-state index contributed by atoms with van der Waals surface area (Å²) in [7, 11) is 0. The number of nitrogens with zero attached hydrogens (tertiary/aromatic N) is 3. The van der Waals surface area contributed by atoms with Gasteiger partial charge in [0.15, 0.2) is 5.76 Å². The summed E-state index contributed by atoms with van der Waals surface area (Å²) < 4.78 is 5.49. The zero-order chi connectivity index (χ0) is 21.8. The lowest BCUT2D eigenvalue weighted by molar-refractivity contribution is -0.122. The lowest BCUT2D eigenvalue weighted by Crippen LogP contribution is -2.33. The molecule has 1 fully saturated rings. The van der Waals surface area contributed by atoms with Crippen LogP contribution in [-0.4, -0.2) is 27.6 Å². The number of hydrogen-bond donors (Lipinski definition) is 1. The predicted molar refractivity (Wildman–Crippen MR) is 120 cm³/mol. The van der Waals surface area contributed by atoms with Gasteiger partial charge in [-0.3, -0.25) is 4.79 Å². The number of aryl methyl sites for hydroxylation is 2. The Balaban J connectivity index is 1.35. The van der Waals surface area contributed by atoms with E-state index in [1.165, 1.54) is 0 Å². The van der Waals surface area contributed by atoms with Gasteiger partial charge < -0.3 is 9.84 Å². The topological polar surface area (TPSA) is 80.9 Å². The van der Waals surface area contributed by atoms with Crippen LogP contribution in [0.4, 0.5) is 0 Å². The van der Waals surface area contributed by atoms with Crippen LogP contribution >= 0.6 is 0 Å². The van der Waals surface area contributed by atoms with Gasteiger partial charge in [-0.25, -0.2) is 9.97 Å². The summed E-state index contributed by atoms with van der Waals surface area (Å²) in [5, 5.41) is 7.19. The second kappa shape index (κ2) is 9.41. The summed E-state index contributed by atoms with van der Waals surface area (Å²) in [4.78, 5) is 21.7. The smallest absolute Gasteiger partial charge is 0.227 e. The highest BCUT2D eigenvalue weighted by Gasteiger charge is 2.27. The van der Waals surface area contributed by atoms with Crippen molar-refractivity contribution in [3.05, 3.63) is 65.4 Å². The molecule has 2 heterocycles. The normalized spacial score (nSPS) is 19.7. The van der Waals surface area contributed by atoms with Crippen LogP contribution in [0.5, 0.6) is 0 Å². The minimum atomic E-state index is -0.130. The molecule has 0 aliphatic heterocycles. The van der Waals surface area contributed by atoms with Gasteiger partial charge in [0, 0.05) is 24.7 Å². The molecule has 0 saturated heterocycles. The third-order valence-corrected chi connectivity index (χ3v) is 6.32. The first kappa shape index (κ1) is 21.2. The molecule has 31 heavy (non-hydrogen) atoms. The van der Waals surface area contributed by atoms with Crippen LogP contribution in [0.3, 0.4) is 0 Å². The summed E-state index contributed by atoms with van der Waals surface area (Å²) in [6.45, 7) is 6.54. The minimum absolute atomic E-state index is 0.0997. The predicted octanol–water partition coefficient (Wildman–Crippen LogP) is 4.94. The summed E-state index contributed by atoms with van der Waals surface area (Å²) in [5.41, 5.74) is 3.91. The summed E-state index contributed by atoms with van der Waals surface area (Å²) >= 11 is 0. The number of amides is 1. The fraction of sp³-hybridized carbons (Fsp3) is 0.440. The van der Waals surface area contributed by atoms with E-state index in [9.17, 15) is 4.79 Å². The maximum atomic E-state index is 12.6. The third-order valence-electron chi connectivity index (χ3n) is 6.32. The highest BCUT2D eigenvalue weighted by Crippen LogP contribution is 2.39. The summed E-state index contributed by atoms with van der Waals surface area (Å²) in [6, 6.07) is 11.9. The van der Waals surface area contributed by atoms with E-state index in [1.54, 1.807) is 0 Å². The number of carbonyl (C=O) groups is 1. The molecule has 1 amide bonds. The Morgan fingerprint density at radius 1 is 1.16 bits per heavy atom. The molecule has 0 bridgehead atoms. The van der Waals surface area contributed by atoms with Gasteiger partial charge in [-0.05, 0) is 57.9 Å². The number of rotatable bonds is 6. The van der Waals surface area contributed by atoms with Gasteiger partial charge in [-0.2, -0.15) is 0 Å². The van der Waals surface area contributed by atoms with Crippen LogP contribution in [0.2, 0.25) is 0 Å². The van der Waals surface area contributed by atoms with Crippen molar-refractivity contribution in [1.29, 1.82) is 0 Å².